The lowest BCUT2D eigenvalue weighted by atomic mass is 9.69. The van der Waals surface area contributed by atoms with Crippen LogP contribution in [0.1, 0.15) is 16.7 Å². The van der Waals surface area contributed by atoms with Crippen molar-refractivity contribution in [2.45, 2.75) is 31.6 Å². The van der Waals surface area contributed by atoms with Gasteiger partial charge in [-0.1, -0.05) is 91.0 Å². The molecule has 1 amide bonds. The molecule has 3 aromatic carbocycles. The molecule has 1 unspecified atom stereocenters. The standard InChI is InChI=1S/C31H29NO7/c33-29(25-19-37-27(39-25)16-22-10-4-1-5-11-22)32-28(30(34)35)31(26-20-36-21-38-26,17-23-12-6-2-7-13-23)18-24-14-8-3-9-15-24/h1-15,19-20,27-28H,16-18,21H2,(H,32,33)(H,34,35)/t27?,28-/m1/s1. The van der Waals surface area contributed by atoms with Crippen LogP contribution in [0, 0.1) is 5.41 Å². The van der Waals surface area contributed by atoms with E-state index in [1.807, 2.05) is 91.0 Å². The van der Waals surface area contributed by atoms with Gasteiger partial charge in [0.15, 0.2) is 0 Å². The number of carbonyl (C=O) groups is 2. The van der Waals surface area contributed by atoms with E-state index in [1.54, 1.807) is 0 Å². The van der Waals surface area contributed by atoms with Gasteiger partial charge in [-0.15, -0.1) is 0 Å². The van der Waals surface area contributed by atoms with E-state index in [-0.39, 0.29) is 25.4 Å². The molecule has 2 atom stereocenters. The Morgan fingerprint density at radius 2 is 1.41 bits per heavy atom. The highest BCUT2D eigenvalue weighted by molar-refractivity contribution is 5.94. The SMILES string of the molecule is O=C(N[C@H](C(=O)O)C(Cc1ccccc1)(Cc1ccccc1)C1=COCO1)C1=COC(Cc2ccccc2)O1. The molecule has 39 heavy (non-hydrogen) atoms. The first-order valence-corrected chi connectivity index (χ1v) is 12.7. The predicted octanol–water partition coefficient (Wildman–Crippen LogP) is 4.33. The first-order valence-electron chi connectivity index (χ1n) is 12.7. The minimum absolute atomic E-state index is 0.0375. The van der Waals surface area contributed by atoms with E-state index in [1.165, 1.54) is 12.5 Å². The third-order valence-corrected chi connectivity index (χ3v) is 6.82. The smallest absolute Gasteiger partial charge is 0.327 e. The largest absolute Gasteiger partial charge is 0.480 e. The van der Waals surface area contributed by atoms with Gasteiger partial charge in [-0.2, -0.15) is 0 Å². The summed E-state index contributed by atoms with van der Waals surface area (Å²) in [6.07, 6.45) is 2.94. The van der Waals surface area contributed by atoms with Gasteiger partial charge in [0.2, 0.25) is 18.8 Å². The summed E-state index contributed by atoms with van der Waals surface area (Å²) in [5.41, 5.74) is 1.53. The van der Waals surface area contributed by atoms with Crippen LogP contribution in [0.3, 0.4) is 0 Å². The summed E-state index contributed by atoms with van der Waals surface area (Å²) in [5.74, 6) is -1.65. The fourth-order valence-corrected chi connectivity index (χ4v) is 4.98. The Balaban J connectivity index is 1.44. The zero-order valence-corrected chi connectivity index (χ0v) is 21.2. The van der Waals surface area contributed by atoms with E-state index in [0.29, 0.717) is 12.2 Å². The number of carboxylic acid groups (broad SMARTS) is 1. The normalized spacial score (nSPS) is 17.0. The second-order valence-electron chi connectivity index (χ2n) is 9.49. The predicted molar refractivity (Wildman–Crippen MR) is 142 cm³/mol. The summed E-state index contributed by atoms with van der Waals surface area (Å²) in [5, 5.41) is 13.2. The Bertz CT molecular complexity index is 1300. The summed E-state index contributed by atoms with van der Waals surface area (Å²) in [6, 6.07) is 27.2. The monoisotopic (exact) mass is 527 g/mol. The van der Waals surface area contributed by atoms with Gasteiger partial charge in [0, 0.05) is 6.42 Å². The average Bonchev–Trinajstić information content (AvgIpc) is 3.66. The highest BCUT2D eigenvalue weighted by Crippen LogP contribution is 2.42. The molecule has 0 bridgehead atoms. The molecule has 8 heteroatoms. The highest BCUT2D eigenvalue weighted by Gasteiger charge is 2.50. The van der Waals surface area contributed by atoms with Crippen LogP contribution in [-0.4, -0.2) is 36.1 Å². The van der Waals surface area contributed by atoms with Crippen LogP contribution in [0.25, 0.3) is 0 Å². The maximum Gasteiger partial charge on any atom is 0.327 e. The summed E-state index contributed by atoms with van der Waals surface area (Å²) in [4.78, 5) is 26.3. The average molecular weight is 528 g/mol. The molecule has 200 valence electrons. The summed E-state index contributed by atoms with van der Waals surface area (Å²) in [7, 11) is 0. The van der Waals surface area contributed by atoms with Crippen LogP contribution in [0.15, 0.2) is 115 Å². The number of aliphatic carboxylic acids is 1. The number of rotatable bonds is 11. The minimum atomic E-state index is -1.39. The summed E-state index contributed by atoms with van der Waals surface area (Å²) >= 11 is 0. The molecular formula is C31H29NO7. The van der Waals surface area contributed by atoms with E-state index >= 15 is 0 Å². The molecule has 0 spiro atoms. The fourth-order valence-electron chi connectivity index (χ4n) is 4.98. The van der Waals surface area contributed by atoms with Crippen LogP contribution >= 0.6 is 0 Å². The Hall–Kier alpha value is -4.72. The van der Waals surface area contributed by atoms with Gasteiger partial charge < -0.3 is 29.4 Å². The number of hydrogen-bond acceptors (Lipinski definition) is 6. The van der Waals surface area contributed by atoms with Crippen LogP contribution < -0.4 is 5.32 Å². The number of ether oxygens (including phenoxy) is 4. The van der Waals surface area contributed by atoms with Gasteiger partial charge in [0.25, 0.3) is 5.91 Å². The van der Waals surface area contributed by atoms with Gasteiger partial charge in [-0.25, -0.2) is 4.79 Å². The van der Waals surface area contributed by atoms with Crippen molar-refractivity contribution in [1.82, 2.24) is 5.32 Å². The molecule has 0 aromatic heterocycles. The molecule has 0 radical (unpaired) electrons. The number of amides is 1. The lowest BCUT2D eigenvalue weighted by Crippen LogP contribution is -2.56. The molecule has 0 aliphatic carbocycles. The van der Waals surface area contributed by atoms with Crippen LogP contribution in [0.2, 0.25) is 0 Å². The summed E-state index contributed by atoms with van der Waals surface area (Å²) < 4.78 is 22.5. The lowest BCUT2D eigenvalue weighted by molar-refractivity contribution is -0.146. The third-order valence-electron chi connectivity index (χ3n) is 6.82. The molecule has 2 N–H and O–H groups in total. The van der Waals surface area contributed by atoms with Crippen molar-refractivity contribution >= 4 is 11.9 Å². The van der Waals surface area contributed by atoms with E-state index in [4.69, 9.17) is 18.9 Å². The number of hydrogen-bond donors (Lipinski definition) is 2. The molecular weight excluding hydrogens is 498 g/mol. The maximum atomic E-state index is 13.4. The fraction of sp³-hybridized carbons (Fsp3) is 0.226. The topological polar surface area (TPSA) is 103 Å². The summed E-state index contributed by atoms with van der Waals surface area (Å²) in [6.45, 7) is -0.0375. The van der Waals surface area contributed by atoms with E-state index in [9.17, 15) is 14.7 Å². The molecule has 2 aliphatic rings. The van der Waals surface area contributed by atoms with Gasteiger partial charge >= 0.3 is 5.97 Å². The zero-order valence-electron chi connectivity index (χ0n) is 21.2. The number of carboxylic acids is 1. The van der Waals surface area contributed by atoms with Gasteiger partial charge in [-0.05, 0) is 29.5 Å². The Morgan fingerprint density at radius 1 is 0.846 bits per heavy atom. The van der Waals surface area contributed by atoms with E-state index < -0.39 is 29.6 Å². The quantitative estimate of drug-likeness (QED) is 0.383. The van der Waals surface area contributed by atoms with Gasteiger partial charge in [-0.3, -0.25) is 4.79 Å². The molecule has 2 heterocycles. The van der Waals surface area contributed by atoms with E-state index in [0.717, 1.165) is 16.7 Å². The van der Waals surface area contributed by atoms with Crippen LogP contribution in [-0.2, 0) is 47.8 Å². The van der Waals surface area contributed by atoms with Crippen molar-refractivity contribution in [3.05, 3.63) is 132 Å². The molecule has 0 saturated carbocycles. The second kappa shape index (κ2) is 11.8. The van der Waals surface area contributed by atoms with Crippen LogP contribution in [0.5, 0.6) is 0 Å². The molecule has 2 aliphatic heterocycles. The van der Waals surface area contributed by atoms with Gasteiger partial charge in [0.05, 0.1) is 5.41 Å². The van der Waals surface area contributed by atoms with Crippen molar-refractivity contribution < 1.29 is 33.6 Å². The first kappa shape index (κ1) is 25.9. The number of benzene rings is 3. The molecule has 0 saturated heterocycles. The zero-order chi connectivity index (χ0) is 27.1. The molecule has 8 nitrogen and oxygen atoms in total. The van der Waals surface area contributed by atoms with Crippen LogP contribution in [0.4, 0.5) is 0 Å². The highest BCUT2D eigenvalue weighted by atomic mass is 16.7. The Morgan fingerprint density at radius 3 is 1.92 bits per heavy atom. The van der Waals surface area contributed by atoms with Crippen molar-refractivity contribution in [2.24, 2.45) is 5.41 Å². The number of nitrogens with one attached hydrogen (secondary N) is 1. The Labute approximate surface area is 226 Å². The molecule has 3 aromatic rings. The third kappa shape index (κ3) is 6.06. The molecule has 0 fully saturated rings. The number of carbonyl (C=O) groups excluding carboxylic acids is 1. The second-order valence-corrected chi connectivity index (χ2v) is 9.49. The van der Waals surface area contributed by atoms with E-state index in [2.05, 4.69) is 5.32 Å². The van der Waals surface area contributed by atoms with Crippen molar-refractivity contribution in [2.75, 3.05) is 6.79 Å². The van der Waals surface area contributed by atoms with Gasteiger partial charge in [0.1, 0.15) is 24.3 Å². The Kier molecular flexibility index (Phi) is 7.82. The first-order chi connectivity index (χ1) is 19.0. The minimum Gasteiger partial charge on any atom is -0.480 e. The van der Waals surface area contributed by atoms with Crippen molar-refractivity contribution in [3.8, 4) is 0 Å². The molecule has 5 rings (SSSR count). The van der Waals surface area contributed by atoms with Crippen molar-refractivity contribution in [3.63, 3.8) is 0 Å². The van der Waals surface area contributed by atoms with Crippen molar-refractivity contribution in [1.29, 1.82) is 0 Å². The maximum absolute atomic E-state index is 13.4. The lowest BCUT2D eigenvalue weighted by Gasteiger charge is -2.39.